The summed E-state index contributed by atoms with van der Waals surface area (Å²) in [7, 11) is 0. The largest absolute Gasteiger partial charge is 0.298 e. The van der Waals surface area contributed by atoms with Gasteiger partial charge in [-0.1, -0.05) is 11.6 Å². The third kappa shape index (κ3) is 2.96. The molecule has 0 spiro atoms. The highest BCUT2D eigenvalue weighted by Crippen LogP contribution is 2.28. The van der Waals surface area contributed by atoms with Crippen molar-refractivity contribution in [3.63, 3.8) is 0 Å². The number of carbonyl (C=O) groups excluding carboxylic acids is 1. The molecule has 0 bridgehead atoms. The standard InChI is InChI=1S/C14H14N2OS/c1-9-4-5-13(12(6-9)8-17)18-14-15-10(2)7-11(3)16-14/h4-8H,1-3H3. The Labute approximate surface area is 111 Å². The maximum atomic E-state index is 11.0. The van der Waals surface area contributed by atoms with Gasteiger partial charge in [-0.2, -0.15) is 0 Å². The minimum atomic E-state index is 0.680. The summed E-state index contributed by atoms with van der Waals surface area (Å²) in [5.41, 5.74) is 3.63. The van der Waals surface area contributed by atoms with Crippen LogP contribution in [0.3, 0.4) is 0 Å². The average Bonchev–Trinajstić information content (AvgIpc) is 2.30. The second kappa shape index (κ2) is 5.31. The number of nitrogens with zero attached hydrogens (tertiary/aromatic N) is 2. The zero-order valence-corrected chi connectivity index (χ0v) is 11.4. The van der Waals surface area contributed by atoms with Crippen molar-refractivity contribution < 1.29 is 4.79 Å². The van der Waals surface area contributed by atoms with Crippen molar-refractivity contribution in [1.29, 1.82) is 0 Å². The second-order valence-electron chi connectivity index (χ2n) is 4.19. The van der Waals surface area contributed by atoms with Gasteiger partial charge in [-0.3, -0.25) is 4.79 Å². The van der Waals surface area contributed by atoms with Crippen molar-refractivity contribution in [3.05, 3.63) is 46.8 Å². The van der Waals surface area contributed by atoms with Crippen LogP contribution in [-0.2, 0) is 0 Å². The van der Waals surface area contributed by atoms with Crippen LogP contribution < -0.4 is 0 Å². The van der Waals surface area contributed by atoms with Crippen LogP contribution in [0.15, 0.2) is 34.3 Å². The van der Waals surface area contributed by atoms with E-state index in [2.05, 4.69) is 9.97 Å². The summed E-state index contributed by atoms with van der Waals surface area (Å²) in [6.07, 6.45) is 0.873. The van der Waals surface area contributed by atoms with Gasteiger partial charge in [0.25, 0.3) is 0 Å². The first-order valence-electron chi connectivity index (χ1n) is 5.64. The highest BCUT2D eigenvalue weighted by atomic mass is 32.2. The van der Waals surface area contributed by atoms with Crippen LogP contribution in [-0.4, -0.2) is 16.3 Å². The lowest BCUT2D eigenvalue weighted by atomic mass is 10.2. The van der Waals surface area contributed by atoms with Crippen LogP contribution in [0, 0.1) is 20.8 Å². The monoisotopic (exact) mass is 258 g/mol. The number of aromatic nitrogens is 2. The van der Waals surface area contributed by atoms with E-state index in [1.807, 2.05) is 45.0 Å². The van der Waals surface area contributed by atoms with Crippen LogP contribution in [0.5, 0.6) is 0 Å². The van der Waals surface area contributed by atoms with Crippen molar-refractivity contribution in [2.24, 2.45) is 0 Å². The smallest absolute Gasteiger partial charge is 0.192 e. The number of hydrogen-bond acceptors (Lipinski definition) is 4. The summed E-state index contributed by atoms with van der Waals surface area (Å²) in [6.45, 7) is 5.85. The molecule has 0 radical (unpaired) electrons. The topological polar surface area (TPSA) is 42.9 Å². The van der Waals surface area contributed by atoms with E-state index >= 15 is 0 Å². The number of aldehydes is 1. The third-order valence-electron chi connectivity index (χ3n) is 2.46. The minimum absolute atomic E-state index is 0.680. The maximum absolute atomic E-state index is 11.0. The van der Waals surface area contributed by atoms with Gasteiger partial charge in [0.2, 0.25) is 0 Å². The van der Waals surface area contributed by atoms with Crippen molar-refractivity contribution >= 4 is 18.0 Å². The molecule has 92 valence electrons. The molecule has 2 rings (SSSR count). The lowest BCUT2D eigenvalue weighted by molar-refractivity contribution is 0.112. The van der Waals surface area contributed by atoms with Crippen LogP contribution in [0.4, 0.5) is 0 Å². The van der Waals surface area contributed by atoms with E-state index in [1.54, 1.807) is 0 Å². The molecule has 1 heterocycles. The molecule has 0 fully saturated rings. The van der Waals surface area contributed by atoms with E-state index in [1.165, 1.54) is 11.8 Å². The number of aryl methyl sites for hydroxylation is 3. The van der Waals surface area contributed by atoms with Gasteiger partial charge in [0.1, 0.15) is 0 Å². The van der Waals surface area contributed by atoms with E-state index in [-0.39, 0.29) is 0 Å². The molecule has 0 aliphatic carbocycles. The summed E-state index contributed by atoms with van der Waals surface area (Å²) >= 11 is 1.42. The molecule has 1 aromatic carbocycles. The Morgan fingerprint density at radius 3 is 2.33 bits per heavy atom. The fraction of sp³-hybridized carbons (Fsp3) is 0.214. The molecule has 0 saturated heterocycles. The Kier molecular flexibility index (Phi) is 3.77. The Balaban J connectivity index is 2.36. The molecule has 0 amide bonds. The molecule has 18 heavy (non-hydrogen) atoms. The number of hydrogen-bond donors (Lipinski definition) is 0. The van der Waals surface area contributed by atoms with Crippen molar-refractivity contribution in [1.82, 2.24) is 9.97 Å². The molecule has 2 aromatic rings. The average molecular weight is 258 g/mol. The van der Waals surface area contributed by atoms with E-state index in [0.29, 0.717) is 10.7 Å². The van der Waals surface area contributed by atoms with E-state index in [0.717, 1.165) is 28.1 Å². The first kappa shape index (κ1) is 12.8. The summed E-state index contributed by atoms with van der Waals surface area (Å²) in [4.78, 5) is 20.7. The van der Waals surface area contributed by atoms with E-state index < -0.39 is 0 Å². The van der Waals surface area contributed by atoms with Gasteiger partial charge in [0, 0.05) is 21.8 Å². The highest BCUT2D eigenvalue weighted by molar-refractivity contribution is 7.99. The Morgan fingerprint density at radius 2 is 1.72 bits per heavy atom. The quantitative estimate of drug-likeness (QED) is 0.625. The molecule has 3 nitrogen and oxygen atoms in total. The summed E-state index contributed by atoms with van der Waals surface area (Å²) in [5.74, 6) is 0. The van der Waals surface area contributed by atoms with Gasteiger partial charge in [0.05, 0.1) is 0 Å². The predicted molar refractivity (Wildman–Crippen MR) is 72.2 cm³/mol. The van der Waals surface area contributed by atoms with Crippen molar-refractivity contribution in [2.45, 2.75) is 30.8 Å². The van der Waals surface area contributed by atoms with E-state index in [9.17, 15) is 4.79 Å². The lowest BCUT2D eigenvalue weighted by Crippen LogP contribution is -1.94. The Bertz CT molecular complexity index is 576. The minimum Gasteiger partial charge on any atom is -0.298 e. The normalized spacial score (nSPS) is 10.4. The van der Waals surface area contributed by atoms with Crippen LogP contribution in [0.1, 0.15) is 27.3 Å². The Morgan fingerprint density at radius 1 is 1.06 bits per heavy atom. The zero-order chi connectivity index (χ0) is 13.1. The highest BCUT2D eigenvalue weighted by Gasteiger charge is 2.07. The van der Waals surface area contributed by atoms with Crippen LogP contribution >= 0.6 is 11.8 Å². The number of rotatable bonds is 3. The van der Waals surface area contributed by atoms with Gasteiger partial charge in [-0.15, -0.1) is 0 Å². The lowest BCUT2D eigenvalue weighted by Gasteiger charge is -2.06. The molecular formula is C14H14N2OS. The number of benzene rings is 1. The molecule has 0 N–H and O–H groups in total. The van der Waals surface area contributed by atoms with Crippen LogP contribution in [0.2, 0.25) is 0 Å². The van der Waals surface area contributed by atoms with Crippen molar-refractivity contribution in [2.75, 3.05) is 0 Å². The maximum Gasteiger partial charge on any atom is 0.192 e. The number of carbonyl (C=O) groups is 1. The van der Waals surface area contributed by atoms with Crippen molar-refractivity contribution in [3.8, 4) is 0 Å². The molecule has 0 atom stereocenters. The fourth-order valence-electron chi connectivity index (χ4n) is 1.69. The molecule has 0 saturated carbocycles. The molecule has 0 aliphatic heterocycles. The second-order valence-corrected chi connectivity index (χ2v) is 5.20. The van der Waals surface area contributed by atoms with Gasteiger partial charge < -0.3 is 0 Å². The van der Waals surface area contributed by atoms with Crippen LogP contribution in [0.25, 0.3) is 0 Å². The summed E-state index contributed by atoms with van der Waals surface area (Å²) in [5, 5.41) is 0.680. The molecule has 0 aliphatic rings. The predicted octanol–water partition coefficient (Wildman–Crippen LogP) is 3.37. The molecule has 0 unspecified atom stereocenters. The third-order valence-corrected chi connectivity index (χ3v) is 3.41. The zero-order valence-electron chi connectivity index (χ0n) is 10.6. The Hall–Kier alpha value is -1.68. The van der Waals surface area contributed by atoms with E-state index in [4.69, 9.17) is 0 Å². The first-order valence-corrected chi connectivity index (χ1v) is 6.46. The van der Waals surface area contributed by atoms with Gasteiger partial charge in [-0.05, 0) is 50.7 Å². The van der Waals surface area contributed by atoms with Gasteiger partial charge in [0.15, 0.2) is 11.4 Å². The SMILES string of the molecule is Cc1ccc(Sc2nc(C)cc(C)n2)c(C=O)c1. The molecular weight excluding hydrogens is 244 g/mol. The first-order chi connectivity index (χ1) is 8.58. The van der Waals surface area contributed by atoms with Gasteiger partial charge in [-0.25, -0.2) is 9.97 Å². The fourth-order valence-corrected chi connectivity index (χ4v) is 2.63. The van der Waals surface area contributed by atoms with Gasteiger partial charge >= 0.3 is 0 Å². The summed E-state index contributed by atoms with van der Waals surface area (Å²) in [6, 6.07) is 7.72. The summed E-state index contributed by atoms with van der Waals surface area (Å²) < 4.78 is 0. The molecule has 4 heteroatoms. The molecule has 1 aromatic heterocycles.